The van der Waals surface area contributed by atoms with Crippen molar-refractivity contribution in [2.45, 2.75) is 71.1 Å². The predicted octanol–water partition coefficient (Wildman–Crippen LogP) is 4.14. The second kappa shape index (κ2) is 6.67. The van der Waals surface area contributed by atoms with Crippen LogP contribution in [0.3, 0.4) is 0 Å². The van der Waals surface area contributed by atoms with Gasteiger partial charge < -0.3 is 9.84 Å². The van der Waals surface area contributed by atoms with Gasteiger partial charge in [0.15, 0.2) is 0 Å². The lowest BCUT2D eigenvalue weighted by Crippen LogP contribution is -2.43. The van der Waals surface area contributed by atoms with Crippen molar-refractivity contribution in [2.24, 2.45) is 5.92 Å². The molecular formula is C16H27ClN2O2. The molecule has 1 aliphatic rings. The lowest BCUT2D eigenvalue weighted by Gasteiger charge is -2.42. The minimum atomic E-state index is -0.734. The summed E-state index contributed by atoms with van der Waals surface area (Å²) in [6, 6.07) is 0.156. The van der Waals surface area contributed by atoms with Crippen LogP contribution in [-0.4, -0.2) is 27.1 Å². The summed E-state index contributed by atoms with van der Waals surface area (Å²) >= 11 is 6.30. The first-order chi connectivity index (χ1) is 9.91. The third-order valence-electron chi connectivity index (χ3n) is 4.59. The average molecular weight is 315 g/mol. The van der Waals surface area contributed by atoms with Gasteiger partial charge in [0, 0.05) is 12.6 Å². The Labute approximate surface area is 132 Å². The maximum absolute atomic E-state index is 11.0. The summed E-state index contributed by atoms with van der Waals surface area (Å²) in [4.78, 5) is 0. The van der Waals surface area contributed by atoms with Gasteiger partial charge in [-0.2, -0.15) is 5.10 Å². The highest BCUT2D eigenvalue weighted by atomic mass is 35.5. The highest BCUT2D eigenvalue weighted by Crippen LogP contribution is 2.45. The highest BCUT2D eigenvalue weighted by Gasteiger charge is 2.44. The first-order valence-corrected chi connectivity index (χ1v) is 8.34. The van der Waals surface area contributed by atoms with Gasteiger partial charge in [0.1, 0.15) is 6.10 Å². The number of ether oxygens (including phenoxy) is 1. The van der Waals surface area contributed by atoms with E-state index in [4.69, 9.17) is 16.3 Å². The van der Waals surface area contributed by atoms with Crippen LogP contribution >= 0.6 is 11.6 Å². The number of nitrogens with zero attached hydrogens (tertiary/aromatic N) is 2. The molecule has 1 heterocycles. The van der Waals surface area contributed by atoms with Gasteiger partial charge in [0.2, 0.25) is 0 Å². The fourth-order valence-corrected chi connectivity index (χ4v) is 3.54. The van der Waals surface area contributed by atoms with Gasteiger partial charge in [-0.1, -0.05) is 18.5 Å². The van der Waals surface area contributed by atoms with Crippen LogP contribution in [0.2, 0.25) is 5.02 Å². The number of halogens is 1. The molecule has 0 amide bonds. The van der Waals surface area contributed by atoms with Gasteiger partial charge in [-0.15, -0.1) is 0 Å². The van der Waals surface area contributed by atoms with Crippen molar-refractivity contribution in [1.29, 1.82) is 0 Å². The fraction of sp³-hybridized carbons (Fsp3) is 0.812. The van der Waals surface area contributed by atoms with Crippen LogP contribution in [0.5, 0.6) is 0 Å². The Morgan fingerprint density at radius 2 is 2.10 bits per heavy atom. The van der Waals surface area contributed by atoms with Crippen molar-refractivity contribution in [3.05, 3.63) is 16.9 Å². The molecule has 21 heavy (non-hydrogen) atoms. The van der Waals surface area contributed by atoms with Crippen molar-refractivity contribution in [3.63, 3.8) is 0 Å². The van der Waals surface area contributed by atoms with Gasteiger partial charge >= 0.3 is 0 Å². The Hall–Kier alpha value is -0.580. The van der Waals surface area contributed by atoms with E-state index in [-0.39, 0.29) is 6.04 Å². The third kappa shape index (κ3) is 3.27. The van der Waals surface area contributed by atoms with E-state index in [9.17, 15) is 5.11 Å². The Kier molecular flexibility index (Phi) is 5.33. The largest absolute Gasteiger partial charge is 0.384 e. The number of hydrogen-bond acceptors (Lipinski definition) is 3. The van der Waals surface area contributed by atoms with Crippen LogP contribution in [0.25, 0.3) is 0 Å². The third-order valence-corrected chi connectivity index (χ3v) is 4.88. The number of aliphatic hydroxyl groups is 1. The van der Waals surface area contributed by atoms with Gasteiger partial charge in [0.05, 0.1) is 22.5 Å². The minimum absolute atomic E-state index is 0.156. The number of hydrogen-bond donors (Lipinski definition) is 1. The Bertz CT molecular complexity index is 465. The summed E-state index contributed by atoms with van der Waals surface area (Å²) in [7, 11) is 0. The van der Waals surface area contributed by atoms with Crippen LogP contribution in [0.15, 0.2) is 6.20 Å². The molecular weight excluding hydrogens is 288 g/mol. The molecule has 1 unspecified atom stereocenters. The average Bonchev–Trinajstić information content (AvgIpc) is 2.83. The molecule has 1 aromatic heterocycles. The SMILES string of the molecule is CCOC1(C(O)c2c(Cl)cnn2C(C)C)CCC(C)CC1. The smallest absolute Gasteiger partial charge is 0.126 e. The van der Waals surface area contributed by atoms with E-state index in [1.165, 1.54) is 0 Å². The number of aliphatic hydroxyl groups excluding tert-OH is 1. The molecule has 0 radical (unpaired) electrons. The van der Waals surface area contributed by atoms with Gasteiger partial charge in [-0.05, 0) is 52.4 Å². The van der Waals surface area contributed by atoms with E-state index in [1.54, 1.807) is 6.20 Å². The van der Waals surface area contributed by atoms with E-state index in [2.05, 4.69) is 12.0 Å². The maximum atomic E-state index is 11.0. The Morgan fingerprint density at radius 1 is 1.48 bits per heavy atom. The molecule has 1 N–H and O–H groups in total. The molecule has 5 heteroatoms. The molecule has 1 fully saturated rings. The standard InChI is InChI=1S/C16H27ClN2O2/c1-5-21-16(8-6-12(4)7-9-16)15(20)14-13(17)10-18-19(14)11(2)3/h10-12,15,20H,5-9H2,1-4H3. The van der Waals surface area contributed by atoms with E-state index in [0.29, 0.717) is 23.2 Å². The van der Waals surface area contributed by atoms with Crippen LogP contribution in [0.4, 0.5) is 0 Å². The molecule has 1 aliphatic carbocycles. The molecule has 0 saturated heterocycles. The van der Waals surface area contributed by atoms with Crippen molar-refractivity contribution < 1.29 is 9.84 Å². The summed E-state index contributed by atoms with van der Waals surface area (Å²) in [6.45, 7) is 8.91. The number of aromatic nitrogens is 2. The fourth-order valence-electron chi connectivity index (χ4n) is 3.30. The molecule has 0 spiro atoms. The summed E-state index contributed by atoms with van der Waals surface area (Å²) in [5.74, 6) is 0.691. The lowest BCUT2D eigenvalue weighted by atomic mass is 9.75. The van der Waals surface area contributed by atoms with Crippen molar-refractivity contribution in [2.75, 3.05) is 6.61 Å². The molecule has 0 bridgehead atoms. The molecule has 2 rings (SSSR count). The maximum Gasteiger partial charge on any atom is 0.126 e. The normalized spacial score (nSPS) is 28.0. The van der Waals surface area contributed by atoms with Gasteiger partial charge in [-0.25, -0.2) is 0 Å². The lowest BCUT2D eigenvalue weighted by molar-refractivity contribution is -0.149. The first kappa shape index (κ1) is 16.8. The second-order valence-corrected chi connectivity index (χ2v) is 6.91. The van der Waals surface area contributed by atoms with E-state index in [1.807, 2.05) is 25.5 Å². The second-order valence-electron chi connectivity index (χ2n) is 6.50. The molecule has 1 aromatic rings. The van der Waals surface area contributed by atoms with Crippen molar-refractivity contribution in [3.8, 4) is 0 Å². The zero-order chi connectivity index (χ0) is 15.6. The zero-order valence-electron chi connectivity index (χ0n) is 13.5. The molecule has 1 saturated carbocycles. The molecule has 1 atom stereocenters. The van der Waals surface area contributed by atoms with Crippen LogP contribution in [-0.2, 0) is 4.74 Å². The quantitative estimate of drug-likeness (QED) is 0.888. The number of rotatable bonds is 5. The Morgan fingerprint density at radius 3 is 2.62 bits per heavy atom. The first-order valence-electron chi connectivity index (χ1n) is 7.96. The van der Waals surface area contributed by atoms with Crippen LogP contribution in [0.1, 0.15) is 71.2 Å². The summed E-state index contributed by atoms with van der Waals surface area (Å²) in [6.07, 6.45) is 4.76. The summed E-state index contributed by atoms with van der Waals surface area (Å²) < 4.78 is 7.86. The molecule has 0 aliphatic heterocycles. The highest BCUT2D eigenvalue weighted by molar-refractivity contribution is 6.31. The predicted molar refractivity (Wildman–Crippen MR) is 84.6 cm³/mol. The monoisotopic (exact) mass is 314 g/mol. The molecule has 4 nitrogen and oxygen atoms in total. The van der Waals surface area contributed by atoms with E-state index in [0.717, 1.165) is 25.7 Å². The zero-order valence-corrected chi connectivity index (χ0v) is 14.2. The van der Waals surface area contributed by atoms with Crippen LogP contribution in [0, 0.1) is 5.92 Å². The Balaban J connectivity index is 2.35. The molecule has 0 aromatic carbocycles. The topological polar surface area (TPSA) is 47.3 Å². The molecule has 120 valence electrons. The van der Waals surface area contributed by atoms with E-state index < -0.39 is 11.7 Å². The van der Waals surface area contributed by atoms with Crippen molar-refractivity contribution >= 4 is 11.6 Å². The minimum Gasteiger partial charge on any atom is -0.384 e. The summed E-state index contributed by atoms with van der Waals surface area (Å²) in [5.41, 5.74) is 0.159. The van der Waals surface area contributed by atoms with Gasteiger partial charge in [0.25, 0.3) is 0 Å². The summed E-state index contributed by atoms with van der Waals surface area (Å²) in [5, 5.41) is 15.9. The van der Waals surface area contributed by atoms with Crippen molar-refractivity contribution in [1.82, 2.24) is 9.78 Å². The van der Waals surface area contributed by atoms with Gasteiger partial charge in [-0.3, -0.25) is 4.68 Å². The van der Waals surface area contributed by atoms with E-state index >= 15 is 0 Å². The van der Waals surface area contributed by atoms with Crippen LogP contribution < -0.4 is 0 Å².